The first-order chi connectivity index (χ1) is 7.10. The Balaban J connectivity index is 4.83. The van der Waals surface area contributed by atoms with Crippen molar-refractivity contribution in [2.24, 2.45) is 0 Å². The first-order valence-electron chi connectivity index (χ1n) is 5.14. The monoisotopic (exact) mass is 212 g/mol. The highest BCUT2D eigenvalue weighted by Gasteiger charge is 2.27. The Morgan fingerprint density at radius 3 is 2.53 bits per heavy atom. The van der Waals surface area contributed by atoms with Crippen LogP contribution in [0.15, 0.2) is 36.1 Å². The van der Waals surface area contributed by atoms with Crippen LogP contribution in [0.4, 0.5) is 0 Å². The normalized spacial score (nSPS) is 17.5. The summed E-state index contributed by atoms with van der Waals surface area (Å²) in [6.07, 6.45) is 8.94. The van der Waals surface area contributed by atoms with E-state index in [0.29, 0.717) is 0 Å². The quantitative estimate of drug-likeness (QED) is 0.359. The van der Waals surface area contributed by atoms with E-state index in [1.165, 1.54) is 12.2 Å². The van der Waals surface area contributed by atoms with Gasteiger partial charge in [-0.2, -0.15) is 0 Å². The van der Waals surface area contributed by atoms with Gasteiger partial charge in [-0.15, -0.1) is 0 Å². The molecule has 3 heteroatoms. The summed E-state index contributed by atoms with van der Waals surface area (Å²) in [4.78, 5) is 0. The fourth-order valence-electron chi connectivity index (χ4n) is 1.11. The molecule has 0 radical (unpaired) electrons. The highest BCUT2D eigenvalue weighted by atomic mass is 16.3. The van der Waals surface area contributed by atoms with Crippen molar-refractivity contribution in [2.75, 3.05) is 6.61 Å². The Bertz CT molecular complexity index is 254. The van der Waals surface area contributed by atoms with E-state index >= 15 is 0 Å². The number of hydrogen-bond donors (Lipinski definition) is 3. The van der Waals surface area contributed by atoms with Crippen molar-refractivity contribution in [1.29, 1.82) is 0 Å². The summed E-state index contributed by atoms with van der Waals surface area (Å²) >= 11 is 0. The Labute approximate surface area is 91.1 Å². The number of aliphatic hydroxyl groups excluding tert-OH is 2. The van der Waals surface area contributed by atoms with Crippen LogP contribution in [0.25, 0.3) is 0 Å². The third-order valence-electron chi connectivity index (χ3n) is 2.01. The van der Waals surface area contributed by atoms with Crippen molar-refractivity contribution in [1.82, 2.24) is 0 Å². The van der Waals surface area contributed by atoms with Gasteiger partial charge in [0.25, 0.3) is 0 Å². The van der Waals surface area contributed by atoms with Gasteiger partial charge in [0, 0.05) is 13.0 Å². The highest BCUT2D eigenvalue weighted by molar-refractivity contribution is 5.22. The van der Waals surface area contributed by atoms with Gasteiger partial charge in [0.2, 0.25) is 0 Å². The fourth-order valence-corrected chi connectivity index (χ4v) is 1.11. The second-order valence-electron chi connectivity index (χ2n) is 3.29. The van der Waals surface area contributed by atoms with Crippen molar-refractivity contribution in [3.05, 3.63) is 36.1 Å². The van der Waals surface area contributed by atoms with Gasteiger partial charge in [-0.1, -0.05) is 25.2 Å². The topological polar surface area (TPSA) is 60.7 Å². The standard InChI is InChI=1S/C12H20O3/c1-3-5-7-11(14)12(15,9-10-13)8-6-4-2/h3,5-8,13-15H,4,9-10H2,1-2H3. The van der Waals surface area contributed by atoms with Gasteiger partial charge < -0.3 is 15.3 Å². The fraction of sp³-hybridized carbons (Fsp3) is 0.500. The van der Waals surface area contributed by atoms with Gasteiger partial charge >= 0.3 is 0 Å². The predicted octanol–water partition coefficient (Wildman–Crippen LogP) is 2.08. The molecular weight excluding hydrogens is 192 g/mol. The molecule has 0 aliphatic carbocycles. The molecule has 86 valence electrons. The third-order valence-corrected chi connectivity index (χ3v) is 2.01. The molecule has 0 rings (SSSR count). The third kappa shape index (κ3) is 4.81. The molecule has 0 saturated carbocycles. The van der Waals surface area contributed by atoms with Gasteiger partial charge in [-0.25, -0.2) is 0 Å². The van der Waals surface area contributed by atoms with Crippen LogP contribution < -0.4 is 0 Å². The van der Waals surface area contributed by atoms with E-state index in [9.17, 15) is 10.2 Å². The van der Waals surface area contributed by atoms with Crippen molar-refractivity contribution >= 4 is 0 Å². The molecule has 0 heterocycles. The number of aliphatic hydroxyl groups is 3. The second-order valence-corrected chi connectivity index (χ2v) is 3.29. The van der Waals surface area contributed by atoms with Crippen molar-refractivity contribution < 1.29 is 15.3 Å². The van der Waals surface area contributed by atoms with E-state index in [4.69, 9.17) is 5.11 Å². The SMILES string of the molecule is CC=CC=C(O)C(O)(C=CCC)CCO. The molecule has 0 fully saturated rings. The van der Waals surface area contributed by atoms with Gasteiger partial charge in [-0.3, -0.25) is 0 Å². The summed E-state index contributed by atoms with van der Waals surface area (Å²) in [5.74, 6) is -0.153. The first-order valence-corrected chi connectivity index (χ1v) is 5.14. The summed E-state index contributed by atoms with van der Waals surface area (Å²) in [7, 11) is 0. The minimum absolute atomic E-state index is 0.0867. The van der Waals surface area contributed by atoms with E-state index in [0.717, 1.165) is 6.42 Å². The van der Waals surface area contributed by atoms with Crippen LogP contribution in [-0.2, 0) is 0 Å². The average molecular weight is 212 g/mol. The average Bonchev–Trinajstić information content (AvgIpc) is 2.23. The zero-order valence-electron chi connectivity index (χ0n) is 9.35. The summed E-state index contributed by atoms with van der Waals surface area (Å²) in [6, 6.07) is 0. The minimum Gasteiger partial charge on any atom is -0.509 e. The molecule has 3 nitrogen and oxygen atoms in total. The number of rotatable bonds is 6. The molecule has 0 aromatic rings. The van der Waals surface area contributed by atoms with Crippen molar-refractivity contribution in [3.63, 3.8) is 0 Å². The zero-order valence-corrected chi connectivity index (χ0v) is 9.35. The van der Waals surface area contributed by atoms with Gasteiger partial charge in [0.15, 0.2) is 0 Å². The molecule has 0 amide bonds. The Kier molecular flexibility index (Phi) is 6.75. The lowest BCUT2D eigenvalue weighted by Crippen LogP contribution is -2.30. The Morgan fingerprint density at radius 2 is 2.07 bits per heavy atom. The van der Waals surface area contributed by atoms with E-state index in [1.54, 1.807) is 18.2 Å². The molecule has 3 N–H and O–H groups in total. The molecule has 1 unspecified atom stereocenters. The first kappa shape index (κ1) is 13.9. The van der Waals surface area contributed by atoms with Crippen molar-refractivity contribution in [2.45, 2.75) is 32.3 Å². The lowest BCUT2D eigenvalue weighted by molar-refractivity contribution is 0.0544. The highest BCUT2D eigenvalue weighted by Crippen LogP contribution is 2.21. The molecule has 0 aromatic carbocycles. The smallest absolute Gasteiger partial charge is 0.141 e. The molecule has 0 aromatic heterocycles. The van der Waals surface area contributed by atoms with Crippen molar-refractivity contribution in [3.8, 4) is 0 Å². The van der Waals surface area contributed by atoms with Gasteiger partial charge in [0.1, 0.15) is 11.4 Å². The summed E-state index contributed by atoms with van der Waals surface area (Å²) in [6.45, 7) is 3.57. The van der Waals surface area contributed by atoms with Crippen LogP contribution in [0.5, 0.6) is 0 Å². The molecular formula is C12H20O3. The molecule has 0 spiro atoms. The molecule has 0 aliphatic heterocycles. The maximum Gasteiger partial charge on any atom is 0.141 e. The van der Waals surface area contributed by atoms with Gasteiger partial charge in [-0.05, 0) is 25.5 Å². The van der Waals surface area contributed by atoms with Crippen LogP contribution >= 0.6 is 0 Å². The predicted molar refractivity (Wildman–Crippen MR) is 61.6 cm³/mol. The largest absolute Gasteiger partial charge is 0.509 e. The summed E-state index contributed by atoms with van der Waals surface area (Å²) in [5.41, 5.74) is -1.45. The van der Waals surface area contributed by atoms with E-state index < -0.39 is 5.60 Å². The van der Waals surface area contributed by atoms with Gasteiger partial charge in [0.05, 0.1) is 0 Å². The van der Waals surface area contributed by atoms with Crippen LogP contribution in [0.1, 0.15) is 26.7 Å². The number of allylic oxidation sites excluding steroid dienone is 4. The van der Waals surface area contributed by atoms with E-state index in [-0.39, 0.29) is 18.8 Å². The molecule has 0 aliphatic rings. The second kappa shape index (κ2) is 7.26. The minimum atomic E-state index is -1.45. The van der Waals surface area contributed by atoms with E-state index in [1.807, 2.05) is 13.8 Å². The van der Waals surface area contributed by atoms with Crippen LogP contribution in [0, 0.1) is 0 Å². The number of hydrogen-bond acceptors (Lipinski definition) is 3. The molecule has 0 bridgehead atoms. The summed E-state index contributed by atoms with van der Waals surface area (Å²) in [5, 5.41) is 28.5. The lowest BCUT2D eigenvalue weighted by atomic mass is 9.96. The maximum atomic E-state index is 10.0. The molecule has 1 atom stereocenters. The zero-order chi connectivity index (χ0) is 11.7. The van der Waals surface area contributed by atoms with E-state index in [2.05, 4.69) is 0 Å². The molecule has 0 saturated heterocycles. The Hall–Kier alpha value is -1.06. The summed E-state index contributed by atoms with van der Waals surface area (Å²) < 4.78 is 0. The maximum absolute atomic E-state index is 10.0. The lowest BCUT2D eigenvalue weighted by Gasteiger charge is -2.22. The van der Waals surface area contributed by atoms with Crippen LogP contribution in [0.2, 0.25) is 0 Å². The van der Waals surface area contributed by atoms with Crippen LogP contribution in [-0.4, -0.2) is 27.5 Å². The molecule has 15 heavy (non-hydrogen) atoms. The Morgan fingerprint density at radius 1 is 1.40 bits per heavy atom. The van der Waals surface area contributed by atoms with Crippen LogP contribution in [0.3, 0.4) is 0 Å².